The lowest BCUT2D eigenvalue weighted by Gasteiger charge is -2.09. The maximum absolute atomic E-state index is 11.4. The lowest BCUT2D eigenvalue weighted by molar-refractivity contribution is -0.115. The number of nitrogens with two attached hydrogens (primary N) is 1. The molecule has 0 aromatic heterocycles. The molecule has 1 aromatic rings. The Bertz CT molecular complexity index is 413. The highest BCUT2D eigenvalue weighted by Gasteiger charge is 2.20. The summed E-state index contributed by atoms with van der Waals surface area (Å²) < 4.78 is 0. The Morgan fingerprint density at radius 1 is 1.44 bits per heavy atom. The van der Waals surface area contributed by atoms with Gasteiger partial charge in [-0.25, -0.2) is 0 Å². The number of hydrogen-bond acceptors (Lipinski definition) is 2. The molecule has 0 fully saturated rings. The van der Waals surface area contributed by atoms with Crippen LogP contribution in [0.3, 0.4) is 0 Å². The van der Waals surface area contributed by atoms with Crippen LogP contribution in [0.1, 0.15) is 30.0 Å². The van der Waals surface area contributed by atoms with E-state index < -0.39 is 0 Å². The molecule has 0 atom stereocenters. The highest BCUT2D eigenvalue weighted by molar-refractivity contribution is 6.00. The lowest BCUT2D eigenvalue weighted by Crippen LogP contribution is -2.04. The van der Waals surface area contributed by atoms with Gasteiger partial charge in [-0.2, -0.15) is 0 Å². The molecule has 2 rings (SSSR count). The summed E-state index contributed by atoms with van der Waals surface area (Å²) in [5.41, 5.74) is 10.3. The molecule has 0 saturated heterocycles. The monoisotopic (exact) mass is 218 g/mol. The average Bonchev–Trinajstić information content (AvgIpc) is 2.65. The Morgan fingerprint density at radius 3 is 2.94 bits per heavy atom. The molecule has 86 valence electrons. The van der Waals surface area contributed by atoms with Crippen molar-refractivity contribution >= 4 is 11.6 Å². The molecule has 3 heteroatoms. The zero-order valence-electron chi connectivity index (χ0n) is 9.68. The standard InChI is InChI=1S/C13H18N2O/c1-2-10-6-9(4-3-5-14)7-11-8-12(16)15-13(10)11/h6-7H,2-5,8,14H2,1H3,(H,15,16). The quantitative estimate of drug-likeness (QED) is 0.807. The van der Waals surface area contributed by atoms with E-state index in [1.165, 1.54) is 11.1 Å². The molecule has 0 radical (unpaired) electrons. The number of benzene rings is 1. The molecule has 0 spiro atoms. The number of carbonyl (C=O) groups is 1. The van der Waals surface area contributed by atoms with Gasteiger partial charge in [-0.15, -0.1) is 0 Å². The van der Waals surface area contributed by atoms with Gasteiger partial charge in [0.05, 0.1) is 6.42 Å². The van der Waals surface area contributed by atoms with Crippen molar-refractivity contribution in [3.8, 4) is 0 Å². The van der Waals surface area contributed by atoms with Gasteiger partial charge in [-0.1, -0.05) is 19.1 Å². The van der Waals surface area contributed by atoms with Crippen LogP contribution < -0.4 is 11.1 Å². The predicted octanol–water partition coefficient (Wildman–Crippen LogP) is 1.63. The van der Waals surface area contributed by atoms with Crippen LogP contribution in [-0.2, 0) is 24.1 Å². The van der Waals surface area contributed by atoms with E-state index in [1.807, 2.05) is 0 Å². The Labute approximate surface area is 96.0 Å². The van der Waals surface area contributed by atoms with Crippen LogP contribution in [0.4, 0.5) is 5.69 Å². The average molecular weight is 218 g/mol. The Morgan fingerprint density at radius 2 is 2.25 bits per heavy atom. The fourth-order valence-electron chi connectivity index (χ4n) is 2.23. The molecule has 0 bridgehead atoms. The van der Waals surface area contributed by atoms with Crippen molar-refractivity contribution in [2.45, 2.75) is 32.6 Å². The fourth-order valence-corrected chi connectivity index (χ4v) is 2.23. The highest BCUT2D eigenvalue weighted by Crippen LogP contribution is 2.29. The minimum Gasteiger partial charge on any atom is -0.330 e. The second-order valence-electron chi connectivity index (χ2n) is 4.26. The molecule has 1 aromatic carbocycles. The molecular formula is C13H18N2O. The Hall–Kier alpha value is -1.35. The fraction of sp³-hybridized carbons (Fsp3) is 0.462. The van der Waals surface area contributed by atoms with Crippen LogP contribution in [0, 0.1) is 0 Å². The molecule has 1 aliphatic rings. The summed E-state index contributed by atoms with van der Waals surface area (Å²) in [5, 5.41) is 2.94. The van der Waals surface area contributed by atoms with Crippen LogP contribution in [0.15, 0.2) is 12.1 Å². The molecule has 0 aliphatic carbocycles. The maximum Gasteiger partial charge on any atom is 0.228 e. The summed E-state index contributed by atoms with van der Waals surface area (Å²) >= 11 is 0. The molecule has 1 amide bonds. The molecule has 3 nitrogen and oxygen atoms in total. The summed E-state index contributed by atoms with van der Waals surface area (Å²) in [6.07, 6.45) is 3.49. The second-order valence-corrected chi connectivity index (χ2v) is 4.26. The summed E-state index contributed by atoms with van der Waals surface area (Å²) in [6.45, 7) is 2.84. The molecule has 16 heavy (non-hydrogen) atoms. The number of fused-ring (bicyclic) bond motifs is 1. The van der Waals surface area contributed by atoms with Crippen molar-refractivity contribution in [1.29, 1.82) is 0 Å². The molecule has 0 unspecified atom stereocenters. The van der Waals surface area contributed by atoms with E-state index in [1.54, 1.807) is 0 Å². The first-order chi connectivity index (χ1) is 7.74. The summed E-state index contributed by atoms with van der Waals surface area (Å²) in [4.78, 5) is 11.4. The van der Waals surface area contributed by atoms with E-state index in [-0.39, 0.29) is 5.91 Å². The number of nitrogens with one attached hydrogen (secondary N) is 1. The molecule has 1 aliphatic heterocycles. The minimum absolute atomic E-state index is 0.112. The van der Waals surface area contributed by atoms with Crippen LogP contribution in [0.5, 0.6) is 0 Å². The van der Waals surface area contributed by atoms with Crippen LogP contribution in [-0.4, -0.2) is 12.5 Å². The van der Waals surface area contributed by atoms with Gasteiger partial charge < -0.3 is 11.1 Å². The molecule has 3 N–H and O–H groups in total. The number of carbonyl (C=O) groups excluding carboxylic acids is 1. The van der Waals surface area contributed by atoms with Crippen molar-refractivity contribution < 1.29 is 4.79 Å². The third kappa shape index (κ3) is 2.09. The third-order valence-electron chi connectivity index (χ3n) is 3.03. The first kappa shape index (κ1) is 11.1. The Kier molecular flexibility index (Phi) is 3.25. The minimum atomic E-state index is 0.112. The van der Waals surface area contributed by atoms with E-state index in [4.69, 9.17) is 5.73 Å². The zero-order chi connectivity index (χ0) is 11.5. The van der Waals surface area contributed by atoms with Gasteiger partial charge in [0.15, 0.2) is 0 Å². The van der Waals surface area contributed by atoms with Crippen LogP contribution >= 0.6 is 0 Å². The number of hydrogen-bond donors (Lipinski definition) is 2. The number of anilines is 1. The van der Waals surface area contributed by atoms with Crippen molar-refractivity contribution in [2.24, 2.45) is 5.73 Å². The topological polar surface area (TPSA) is 55.1 Å². The summed E-state index contributed by atoms with van der Waals surface area (Å²) in [7, 11) is 0. The van der Waals surface area contributed by atoms with Gasteiger partial charge in [-0.3, -0.25) is 4.79 Å². The van der Waals surface area contributed by atoms with Gasteiger partial charge >= 0.3 is 0 Å². The smallest absolute Gasteiger partial charge is 0.228 e. The lowest BCUT2D eigenvalue weighted by atomic mass is 9.99. The SMILES string of the molecule is CCc1cc(CCCN)cc2c1NC(=O)C2. The first-order valence-electron chi connectivity index (χ1n) is 5.89. The highest BCUT2D eigenvalue weighted by atomic mass is 16.1. The van der Waals surface area contributed by atoms with Crippen molar-refractivity contribution in [1.82, 2.24) is 0 Å². The van der Waals surface area contributed by atoms with Crippen molar-refractivity contribution in [3.05, 3.63) is 28.8 Å². The Balaban J connectivity index is 2.31. The van der Waals surface area contributed by atoms with Crippen molar-refractivity contribution in [3.63, 3.8) is 0 Å². The van der Waals surface area contributed by atoms with E-state index in [0.717, 1.165) is 37.1 Å². The predicted molar refractivity (Wildman–Crippen MR) is 65.5 cm³/mol. The maximum atomic E-state index is 11.4. The summed E-state index contributed by atoms with van der Waals surface area (Å²) in [6, 6.07) is 4.34. The zero-order valence-corrected chi connectivity index (χ0v) is 9.68. The van der Waals surface area contributed by atoms with Gasteiger partial charge in [0.1, 0.15) is 0 Å². The van der Waals surface area contributed by atoms with Gasteiger partial charge in [0, 0.05) is 5.69 Å². The van der Waals surface area contributed by atoms with E-state index in [9.17, 15) is 4.79 Å². The first-order valence-corrected chi connectivity index (χ1v) is 5.89. The van der Waals surface area contributed by atoms with Crippen LogP contribution in [0.2, 0.25) is 0 Å². The molecule has 0 saturated carbocycles. The van der Waals surface area contributed by atoms with Gasteiger partial charge in [-0.05, 0) is 42.5 Å². The van der Waals surface area contributed by atoms with Crippen LogP contribution in [0.25, 0.3) is 0 Å². The number of amides is 1. The summed E-state index contributed by atoms with van der Waals surface area (Å²) in [5.74, 6) is 0.112. The van der Waals surface area contributed by atoms with Crippen molar-refractivity contribution in [2.75, 3.05) is 11.9 Å². The third-order valence-corrected chi connectivity index (χ3v) is 3.03. The molecular weight excluding hydrogens is 200 g/mol. The number of rotatable bonds is 4. The van der Waals surface area contributed by atoms with E-state index in [2.05, 4.69) is 24.4 Å². The van der Waals surface area contributed by atoms with Gasteiger partial charge in [0.25, 0.3) is 0 Å². The van der Waals surface area contributed by atoms with Gasteiger partial charge in [0.2, 0.25) is 5.91 Å². The largest absolute Gasteiger partial charge is 0.330 e. The normalized spacial score (nSPS) is 13.8. The second kappa shape index (κ2) is 4.66. The van der Waals surface area contributed by atoms with E-state index in [0.29, 0.717) is 6.42 Å². The van der Waals surface area contributed by atoms with E-state index >= 15 is 0 Å². The number of aryl methyl sites for hydroxylation is 2. The molecule has 1 heterocycles.